The number of carbonyl (C=O) groups is 1. The number of hydrogen-bond acceptors (Lipinski definition) is 4. The van der Waals surface area contributed by atoms with E-state index in [-0.39, 0.29) is 24.4 Å². The number of carbonyl (C=O) groups excluding carboxylic acids is 1. The van der Waals surface area contributed by atoms with E-state index >= 15 is 0 Å². The molecule has 0 spiro atoms. The van der Waals surface area contributed by atoms with E-state index in [2.05, 4.69) is 34.3 Å². The number of ketones is 1. The molecule has 28 heavy (non-hydrogen) atoms. The van der Waals surface area contributed by atoms with Crippen molar-refractivity contribution in [1.29, 1.82) is 0 Å². The zero-order valence-electron chi connectivity index (χ0n) is 16.0. The Morgan fingerprint density at radius 3 is 2.68 bits per heavy atom. The first-order valence-corrected chi connectivity index (χ1v) is 9.94. The number of aliphatic hydroxyl groups is 2. The topological polar surface area (TPSA) is 71.7 Å². The van der Waals surface area contributed by atoms with Crippen LogP contribution in [0.2, 0.25) is 0 Å². The molecular weight excluding hydrogens is 422 g/mol. The van der Waals surface area contributed by atoms with Crippen molar-refractivity contribution < 1.29 is 19.7 Å². The average Bonchev–Trinajstić information content (AvgIpc) is 2.97. The van der Waals surface area contributed by atoms with Crippen molar-refractivity contribution in [2.75, 3.05) is 13.2 Å². The van der Waals surface area contributed by atoms with Crippen molar-refractivity contribution in [3.05, 3.63) is 63.3 Å². The van der Waals surface area contributed by atoms with Gasteiger partial charge >= 0.3 is 0 Å². The van der Waals surface area contributed by atoms with Crippen LogP contribution in [0, 0.1) is 0 Å². The van der Waals surface area contributed by atoms with Gasteiger partial charge in [0.2, 0.25) is 0 Å². The van der Waals surface area contributed by atoms with E-state index in [1.54, 1.807) is 6.07 Å². The minimum atomic E-state index is -0.953. The third-order valence-electron chi connectivity index (χ3n) is 5.54. The third kappa shape index (κ3) is 2.79. The molecule has 2 aromatic carbocycles. The van der Waals surface area contributed by atoms with Crippen LogP contribution in [0.1, 0.15) is 41.0 Å². The predicted octanol–water partition coefficient (Wildman–Crippen LogP) is 3.54. The lowest BCUT2D eigenvalue weighted by Gasteiger charge is -2.33. The molecule has 0 saturated heterocycles. The third-order valence-corrected chi connectivity index (χ3v) is 6.04. The summed E-state index contributed by atoms with van der Waals surface area (Å²) in [6, 6.07) is 11.4. The summed E-state index contributed by atoms with van der Waals surface area (Å²) >= 11 is 3.52. The molecule has 0 aliphatic heterocycles. The number of halogens is 1. The van der Waals surface area contributed by atoms with Crippen LogP contribution in [0.25, 0.3) is 10.9 Å². The highest BCUT2D eigenvalue weighted by atomic mass is 79.9. The lowest BCUT2D eigenvalue weighted by molar-refractivity contribution is 0.0535. The first-order valence-electron chi connectivity index (χ1n) is 9.15. The van der Waals surface area contributed by atoms with Crippen LogP contribution in [-0.4, -0.2) is 39.9 Å². The monoisotopic (exact) mass is 443 g/mol. The minimum absolute atomic E-state index is 0.0228. The zero-order chi connectivity index (χ0) is 20.2. The van der Waals surface area contributed by atoms with Gasteiger partial charge in [0.1, 0.15) is 18.5 Å². The van der Waals surface area contributed by atoms with E-state index in [1.165, 1.54) is 0 Å². The molecule has 1 aliphatic carbocycles. The van der Waals surface area contributed by atoms with Crippen molar-refractivity contribution in [1.82, 2.24) is 4.57 Å². The smallest absolute Gasteiger partial charge is 0.195 e. The summed E-state index contributed by atoms with van der Waals surface area (Å²) in [6.07, 6.45) is -0.953. The van der Waals surface area contributed by atoms with E-state index in [9.17, 15) is 9.90 Å². The predicted molar refractivity (Wildman–Crippen MR) is 111 cm³/mol. The fourth-order valence-electron chi connectivity index (χ4n) is 4.22. The maximum atomic E-state index is 13.5. The Balaban J connectivity index is 1.88. The molecule has 0 bridgehead atoms. The molecule has 3 aromatic rings. The van der Waals surface area contributed by atoms with Crippen molar-refractivity contribution in [3.63, 3.8) is 0 Å². The summed E-state index contributed by atoms with van der Waals surface area (Å²) < 4.78 is 8.64. The SMILES string of the molecule is Cn1c2c(c3ccc(Br)cc31)C(=O)c1cc(OC[C@@H](O)CO)ccc1C2(C)C. The first-order chi connectivity index (χ1) is 13.3. The fraction of sp³-hybridized carbons (Fsp3) is 0.318. The summed E-state index contributed by atoms with van der Waals surface area (Å²) in [4.78, 5) is 13.5. The number of ether oxygens (including phenoxy) is 1. The Hall–Kier alpha value is -2.15. The number of benzene rings is 2. The standard InChI is InChI=1S/C22H22BrNO4/c1-22(2)17-7-5-14(28-11-13(26)10-25)9-16(17)20(27)19-15-6-4-12(23)8-18(15)24(3)21(19)22/h4-9,13,25-26H,10-11H2,1-3H3/t13-/m0/s1. The molecule has 6 heteroatoms. The largest absolute Gasteiger partial charge is 0.491 e. The van der Waals surface area contributed by atoms with Crippen LogP contribution in [0.4, 0.5) is 0 Å². The maximum absolute atomic E-state index is 13.5. The Morgan fingerprint density at radius 1 is 1.21 bits per heavy atom. The van der Waals surface area contributed by atoms with Crippen LogP contribution in [-0.2, 0) is 12.5 Å². The highest BCUT2D eigenvalue weighted by Gasteiger charge is 2.41. The van der Waals surface area contributed by atoms with Gasteiger partial charge in [-0.2, -0.15) is 0 Å². The fourth-order valence-corrected chi connectivity index (χ4v) is 4.57. The number of hydrogen-bond donors (Lipinski definition) is 2. The number of nitrogens with zero attached hydrogens (tertiary/aromatic N) is 1. The van der Waals surface area contributed by atoms with Gasteiger partial charge in [-0.25, -0.2) is 0 Å². The Labute approximate surface area is 171 Å². The van der Waals surface area contributed by atoms with Gasteiger partial charge in [0, 0.05) is 39.1 Å². The van der Waals surface area contributed by atoms with Gasteiger partial charge in [-0.15, -0.1) is 0 Å². The molecule has 4 rings (SSSR count). The second-order valence-electron chi connectivity index (χ2n) is 7.75. The van der Waals surface area contributed by atoms with Crippen molar-refractivity contribution in [2.45, 2.75) is 25.4 Å². The van der Waals surface area contributed by atoms with Gasteiger partial charge in [-0.3, -0.25) is 4.79 Å². The van der Waals surface area contributed by atoms with Crippen LogP contribution in [0.3, 0.4) is 0 Å². The Morgan fingerprint density at radius 2 is 1.96 bits per heavy atom. The van der Waals surface area contributed by atoms with Gasteiger partial charge in [-0.05, 0) is 29.8 Å². The van der Waals surface area contributed by atoms with Crippen LogP contribution < -0.4 is 4.74 Å². The van der Waals surface area contributed by atoms with Gasteiger partial charge < -0.3 is 19.5 Å². The van der Waals surface area contributed by atoms with E-state index in [0.29, 0.717) is 11.3 Å². The van der Waals surface area contributed by atoms with Crippen LogP contribution >= 0.6 is 15.9 Å². The molecular formula is C22H22BrNO4. The molecule has 5 nitrogen and oxygen atoms in total. The minimum Gasteiger partial charge on any atom is -0.491 e. The molecule has 1 heterocycles. The molecule has 146 valence electrons. The Bertz CT molecular complexity index is 1100. The molecule has 0 amide bonds. The van der Waals surface area contributed by atoms with E-state index < -0.39 is 6.10 Å². The molecule has 1 atom stereocenters. The molecule has 0 unspecified atom stereocenters. The lowest BCUT2D eigenvalue weighted by atomic mass is 9.71. The van der Waals surface area contributed by atoms with E-state index in [0.717, 1.165) is 32.2 Å². The van der Waals surface area contributed by atoms with Gasteiger partial charge in [-0.1, -0.05) is 41.9 Å². The van der Waals surface area contributed by atoms with Gasteiger partial charge in [0.25, 0.3) is 0 Å². The molecule has 1 aliphatic rings. The summed E-state index contributed by atoms with van der Waals surface area (Å²) in [5.74, 6) is 0.479. The van der Waals surface area contributed by atoms with Gasteiger partial charge in [0.05, 0.1) is 12.2 Å². The number of aryl methyl sites for hydroxylation is 1. The average molecular weight is 444 g/mol. The van der Waals surface area contributed by atoms with Crippen molar-refractivity contribution in [3.8, 4) is 5.75 Å². The number of aromatic nitrogens is 1. The Kier molecular flexibility index (Phi) is 4.61. The summed E-state index contributed by atoms with van der Waals surface area (Å²) in [5, 5.41) is 19.4. The highest BCUT2D eigenvalue weighted by Crippen LogP contribution is 2.46. The first kappa shape index (κ1) is 19.2. The normalized spacial score (nSPS) is 16.0. The number of aliphatic hydroxyl groups excluding tert-OH is 2. The lowest BCUT2D eigenvalue weighted by Crippen LogP contribution is -2.32. The van der Waals surface area contributed by atoms with Crippen molar-refractivity contribution >= 4 is 32.6 Å². The van der Waals surface area contributed by atoms with E-state index in [4.69, 9.17) is 9.84 Å². The molecule has 0 radical (unpaired) electrons. The molecule has 2 N–H and O–H groups in total. The van der Waals surface area contributed by atoms with Crippen molar-refractivity contribution in [2.24, 2.45) is 7.05 Å². The van der Waals surface area contributed by atoms with Crippen LogP contribution in [0.15, 0.2) is 40.9 Å². The summed E-state index contributed by atoms with van der Waals surface area (Å²) in [6.45, 7) is 3.86. The number of fused-ring (bicyclic) bond motifs is 4. The summed E-state index contributed by atoms with van der Waals surface area (Å²) in [5.41, 5.74) is 3.95. The van der Waals surface area contributed by atoms with Crippen LogP contribution in [0.5, 0.6) is 5.75 Å². The second kappa shape index (κ2) is 6.72. The maximum Gasteiger partial charge on any atom is 0.195 e. The number of rotatable bonds is 4. The van der Waals surface area contributed by atoms with E-state index in [1.807, 2.05) is 37.4 Å². The quantitative estimate of drug-likeness (QED) is 0.646. The summed E-state index contributed by atoms with van der Waals surface area (Å²) in [7, 11) is 2.00. The zero-order valence-corrected chi connectivity index (χ0v) is 17.6. The molecule has 0 saturated carbocycles. The van der Waals surface area contributed by atoms with Gasteiger partial charge in [0.15, 0.2) is 5.78 Å². The molecule has 0 fully saturated rings. The second-order valence-corrected chi connectivity index (χ2v) is 8.67. The molecule has 1 aromatic heterocycles. The highest BCUT2D eigenvalue weighted by molar-refractivity contribution is 9.10.